The van der Waals surface area contributed by atoms with Crippen molar-refractivity contribution < 1.29 is 23.4 Å². The van der Waals surface area contributed by atoms with Gasteiger partial charge in [-0.3, -0.25) is 0 Å². The van der Waals surface area contributed by atoms with Crippen LogP contribution in [0.25, 0.3) is 0 Å². The molecule has 0 aliphatic carbocycles. The normalized spacial score (nSPS) is 43.4. The van der Waals surface area contributed by atoms with Gasteiger partial charge < -0.3 is 14.9 Å². The van der Waals surface area contributed by atoms with E-state index in [0.717, 1.165) is 0 Å². The lowest BCUT2D eigenvalue weighted by Gasteiger charge is -2.45. The summed E-state index contributed by atoms with van der Waals surface area (Å²) >= 11 is 0. The summed E-state index contributed by atoms with van der Waals surface area (Å²) in [4.78, 5) is 0. The second-order valence-corrected chi connectivity index (χ2v) is 7.15. The maximum Gasteiger partial charge on any atom is 0.151 e. The summed E-state index contributed by atoms with van der Waals surface area (Å²) in [6, 6.07) is 0. The molecule has 16 heavy (non-hydrogen) atoms. The molecule has 0 saturated carbocycles. The van der Waals surface area contributed by atoms with Crippen LogP contribution in [0.3, 0.4) is 0 Å². The predicted octanol–water partition coefficient (Wildman–Crippen LogP) is -0.675. The highest BCUT2D eigenvalue weighted by Gasteiger charge is 2.55. The molecule has 2 unspecified atom stereocenters. The first kappa shape index (κ1) is 12.3. The number of rotatable bonds is 2. The van der Waals surface area contributed by atoms with E-state index in [1.54, 1.807) is 0 Å². The van der Waals surface area contributed by atoms with Gasteiger partial charge in [-0.15, -0.1) is 0 Å². The summed E-state index contributed by atoms with van der Waals surface area (Å²) in [5.41, 5.74) is -2.12. The van der Waals surface area contributed by atoms with Gasteiger partial charge in [0.25, 0.3) is 0 Å². The van der Waals surface area contributed by atoms with Crippen LogP contribution in [0, 0.1) is 5.41 Å². The number of aliphatic hydroxyl groups is 2. The highest BCUT2D eigenvalue weighted by Crippen LogP contribution is 2.44. The second kappa shape index (κ2) is 3.94. The monoisotopic (exact) mass is 250 g/mol. The van der Waals surface area contributed by atoms with Crippen LogP contribution in [0.15, 0.2) is 0 Å². The molecular weight excluding hydrogens is 232 g/mol. The molecule has 0 aromatic rings. The van der Waals surface area contributed by atoms with Crippen LogP contribution in [0.2, 0.25) is 0 Å². The van der Waals surface area contributed by atoms with Crippen molar-refractivity contribution in [3.05, 3.63) is 0 Å². The molecule has 2 aliphatic rings. The number of aliphatic hydroxyl groups excluding tert-OH is 1. The third kappa shape index (κ3) is 1.88. The quantitative estimate of drug-likeness (QED) is 0.679. The summed E-state index contributed by atoms with van der Waals surface area (Å²) in [6.07, 6.45) is 1.46. The van der Waals surface area contributed by atoms with Crippen LogP contribution in [-0.4, -0.2) is 55.6 Å². The Bertz CT molecular complexity index is 357. The summed E-state index contributed by atoms with van der Waals surface area (Å²) in [5.74, 6) is 0.0298. The fourth-order valence-electron chi connectivity index (χ4n) is 2.81. The molecule has 2 heterocycles. The summed E-state index contributed by atoms with van der Waals surface area (Å²) in [5, 5.41) is 20.0. The number of hydrogen-bond donors (Lipinski definition) is 2. The Balaban J connectivity index is 2.31. The minimum absolute atomic E-state index is 0.128. The Morgan fingerprint density at radius 2 is 2.06 bits per heavy atom. The first-order valence-corrected chi connectivity index (χ1v) is 7.37. The molecule has 2 rings (SSSR count). The Morgan fingerprint density at radius 1 is 1.31 bits per heavy atom. The minimum atomic E-state index is -3.15. The molecule has 0 spiro atoms. The van der Waals surface area contributed by atoms with Crippen molar-refractivity contribution >= 4 is 9.84 Å². The van der Waals surface area contributed by atoms with Crippen molar-refractivity contribution in [1.29, 1.82) is 0 Å². The van der Waals surface area contributed by atoms with E-state index in [1.807, 2.05) is 0 Å². The smallest absolute Gasteiger partial charge is 0.151 e. The SMILES string of the molecule is O=S1(=O)CCCC(CO)(C2(O)CCOC2)C1. The average Bonchev–Trinajstić information content (AvgIpc) is 2.65. The van der Waals surface area contributed by atoms with Crippen LogP contribution < -0.4 is 0 Å². The first-order valence-electron chi connectivity index (χ1n) is 5.55. The van der Waals surface area contributed by atoms with E-state index in [2.05, 4.69) is 0 Å². The molecule has 2 saturated heterocycles. The fraction of sp³-hybridized carbons (Fsp3) is 1.00. The molecule has 94 valence electrons. The third-order valence-corrected chi connectivity index (χ3v) is 5.80. The van der Waals surface area contributed by atoms with Gasteiger partial charge in [-0.05, 0) is 12.8 Å². The van der Waals surface area contributed by atoms with E-state index in [-0.39, 0.29) is 24.7 Å². The number of sulfone groups is 1. The van der Waals surface area contributed by atoms with Gasteiger partial charge in [0, 0.05) is 18.4 Å². The van der Waals surface area contributed by atoms with Crippen LogP contribution in [0.1, 0.15) is 19.3 Å². The topological polar surface area (TPSA) is 83.8 Å². The molecule has 0 aromatic heterocycles. The standard InChI is InChI=1S/C10H18O5S/c11-6-9(10(12)3-4-15-7-10)2-1-5-16(13,14)8-9/h11-12H,1-8H2. The molecule has 6 heteroatoms. The maximum atomic E-state index is 11.7. The van der Waals surface area contributed by atoms with Gasteiger partial charge in [-0.2, -0.15) is 0 Å². The van der Waals surface area contributed by atoms with Gasteiger partial charge in [0.05, 0.1) is 30.3 Å². The largest absolute Gasteiger partial charge is 0.396 e. The van der Waals surface area contributed by atoms with Gasteiger partial charge in [0.15, 0.2) is 9.84 Å². The Hall–Kier alpha value is -0.170. The summed E-state index contributed by atoms with van der Waals surface area (Å²) < 4.78 is 28.5. The highest BCUT2D eigenvalue weighted by molar-refractivity contribution is 7.91. The van der Waals surface area contributed by atoms with Gasteiger partial charge >= 0.3 is 0 Å². The molecule has 5 nitrogen and oxygen atoms in total. The zero-order valence-electron chi connectivity index (χ0n) is 9.18. The molecule has 2 N–H and O–H groups in total. The maximum absolute atomic E-state index is 11.7. The van der Waals surface area contributed by atoms with Gasteiger partial charge in [0.1, 0.15) is 0 Å². The summed E-state index contributed by atoms with van der Waals surface area (Å²) in [7, 11) is -3.15. The zero-order valence-corrected chi connectivity index (χ0v) is 10.0. The van der Waals surface area contributed by atoms with E-state index in [9.17, 15) is 18.6 Å². The second-order valence-electron chi connectivity index (χ2n) is 4.97. The third-order valence-electron chi connectivity index (χ3n) is 3.90. The van der Waals surface area contributed by atoms with E-state index in [0.29, 0.717) is 25.9 Å². The van der Waals surface area contributed by atoms with Crippen molar-refractivity contribution in [1.82, 2.24) is 0 Å². The zero-order chi connectivity index (χ0) is 11.9. The van der Waals surface area contributed by atoms with Gasteiger partial charge in [-0.25, -0.2) is 8.42 Å². The number of ether oxygens (including phenoxy) is 1. The molecule has 0 amide bonds. The van der Waals surface area contributed by atoms with Crippen LogP contribution in [-0.2, 0) is 14.6 Å². The van der Waals surface area contributed by atoms with E-state index in [4.69, 9.17) is 4.74 Å². The van der Waals surface area contributed by atoms with E-state index < -0.39 is 20.9 Å². The lowest BCUT2D eigenvalue weighted by atomic mass is 9.70. The van der Waals surface area contributed by atoms with E-state index in [1.165, 1.54) is 0 Å². The minimum Gasteiger partial charge on any atom is -0.396 e. The van der Waals surface area contributed by atoms with Crippen LogP contribution in [0.5, 0.6) is 0 Å². The van der Waals surface area contributed by atoms with Crippen molar-refractivity contribution in [3.8, 4) is 0 Å². The Kier molecular flexibility index (Phi) is 3.03. The van der Waals surface area contributed by atoms with Crippen molar-refractivity contribution in [2.45, 2.75) is 24.9 Å². The van der Waals surface area contributed by atoms with E-state index >= 15 is 0 Å². The van der Waals surface area contributed by atoms with Crippen molar-refractivity contribution in [2.75, 3.05) is 31.3 Å². The Labute approximate surface area is 95.3 Å². The molecule has 0 bridgehead atoms. The number of hydrogen-bond acceptors (Lipinski definition) is 5. The fourth-order valence-corrected chi connectivity index (χ4v) is 4.88. The average molecular weight is 250 g/mol. The van der Waals surface area contributed by atoms with Gasteiger partial charge in [-0.1, -0.05) is 0 Å². The van der Waals surface area contributed by atoms with Gasteiger partial charge in [0.2, 0.25) is 0 Å². The Morgan fingerprint density at radius 3 is 2.56 bits per heavy atom. The van der Waals surface area contributed by atoms with Crippen molar-refractivity contribution in [3.63, 3.8) is 0 Å². The lowest BCUT2D eigenvalue weighted by Crippen LogP contribution is -2.57. The first-order chi connectivity index (χ1) is 7.43. The van der Waals surface area contributed by atoms with Crippen LogP contribution >= 0.6 is 0 Å². The molecule has 0 radical (unpaired) electrons. The molecule has 0 aromatic carbocycles. The van der Waals surface area contributed by atoms with Crippen LogP contribution in [0.4, 0.5) is 0 Å². The van der Waals surface area contributed by atoms with Crippen molar-refractivity contribution in [2.24, 2.45) is 5.41 Å². The highest BCUT2D eigenvalue weighted by atomic mass is 32.2. The lowest BCUT2D eigenvalue weighted by molar-refractivity contribution is -0.105. The molecular formula is C10H18O5S. The molecule has 2 atom stereocenters. The summed E-state index contributed by atoms with van der Waals surface area (Å²) in [6.45, 7) is 0.257. The predicted molar refractivity (Wildman–Crippen MR) is 57.8 cm³/mol. The molecule has 2 fully saturated rings. The molecule has 2 aliphatic heterocycles.